The number of aromatic nitrogens is 2. The predicted octanol–water partition coefficient (Wildman–Crippen LogP) is -0.847. The number of nitrogens with zero attached hydrogens (tertiary/aromatic N) is 4. The van der Waals surface area contributed by atoms with Crippen molar-refractivity contribution < 1.29 is 0 Å². The van der Waals surface area contributed by atoms with E-state index < -0.39 is 0 Å². The van der Waals surface area contributed by atoms with Crippen molar-refractivity contribution in [2.75, 3.05) is 0 Å². The van der Waals surface area contributed by atoms with E-state index in [2.05, 4.69) is 15.0 Å². The second kappa shape index (κ2) is 4.77. The third kappa shape index (κ3) is 2.68. The topological polar surface area (TPSA) is 138 Å². The van der Waals surface area contributed by atoms with Crippen LogP contribution in [0.3, 0.4) is 0 Å². The zero-order chi connectivity index (χ0) is 14.0. The monoisotopic (exact) mass is 259 g/mol. The van der Waals surface area contributed by atoms with Gasteiger partial charge in [0.25, 0.3) is 5.56 Å². The van der Waals surface area contributed by atoms with Gasteiger partial charge >= 0.3 is 0 Å². The molecule has 0 atom stereocenters. The minimum Gasteiger partial charge on any atom is -0.370 e. The first-order valence-corrected chi connectivity index (χ1v) is 5.36. The van der Waals surface area contributed by atoms with Crippen molar-refractivity contribution in [2.24, 2.45) is 34.2 Å². The zero-order valence-electron chi connectivity index (χ0n) is 10.2. The molecular formula is C11H13N7O. The van der Waals surface area contributed by atoms with Crippen molar-refractivity contribution in [2.45, 2.75) is 0 Å². The van der Waals surface area contributed by atoms with Gasteiger partial charge in [-0.25, -0.2) is 9.98 Å². The Hall–Kier alpha value is -2.90. The lowest BCUT2D eigenvalue weighted by atomic mass is 10.2. The summed E-state index contributed by atoms with van der Waals surface area (Å²) in [5.74, 6) is -0.264. The van der Waals surface area contributed by atoms with Crippen LogP contribution in [0.15, 0.2) is 39.3 Å². The fourth-order valence-electron chi connectivity index (χ4n) is 1.56. The molecule has 0 bridgehead atoms. The Balaban J connectivity index is 2.56. The summed E-state index contributed by atoms with van der Waals surface area (Å²) in [6, 6.07) is 4.93. The van der Waals surface area contributed by atoms with E-state index in [0.717, 1.165) is 0 Å². The van der Waals surface area contributed by atoms with Crippen LogP contribution in [-0.4, -0.2) is 21.5 Å². The van der Waals surface area contributed by atoms with Gasteiger partial charge in [-0.15, -0.1) is 0 Å². The molecule has 0 aliphatic heterocycles. The van der Waals surface area contributed by atoms with Gasteiger partial charge in [0.15, 0.2) is 5.96 Å². The first-order chi connectivity index (χ1) is 8.97. The predicted molar refractivity (Wildman–Crippen MR) is 74.1 cm³/mol. The van der Waals surface area contributed by atoms with Crippen molar-refractivity contribution in [3.8, 4) is 0 Å². The van der Waals surface area contributed by atoms with Gasteiger partial charge in [-0.3, -0.25) is 4.79 Å². The molecule has 2 aromatic rings. The van der Waals surface area contributed by atoms with E-state index in [1.54, 1.807) is 25.2 Å². The van der Waals surface area contributed by atoms with E-state index in [-0.39, 0.29) is 17.5 Å². The third-order valence-corrected chi connectivity index (χ3v) is 2.39. The SMILES string of the molecule is Cn1cnc2ccc(N=C(N)N=C(N)N)cc2c1=O. The lowest BCUT2D eigenvalue weighted by molar-refractivity contribution is 0.843. The van der Waals surface area contributed by atoms with E-state index in [9.17, 15) is 4.79 Å². The molecule has 0 radical (unpaired) electrons. The third-order valence-electron chi connectivity index (χ3n) is 2.39. The molecule has 8 nitrogen and oxygen atoms in total. The second-order valence-corrected chi connectivity index (χ2v) is 3.87. The van der Waals surface area contributed by atoms with Gasteiger partial charge in [0.05, 0.1) is 22.9 Å². The van der Waals surface area contributed by atoms with E-state index >= 15 is 0 Å². The van der Waals surface area contributed by atoms with Crippen LogP contribution in [0.2, 0.25) is 0 Å². The summed E-state index contributed by atoms with van der Waals surface area (Å²) in [4.78, 5) is 23.6. The molecule has 2 rings (SSSR count). The number of aryl methyl sites for hydroxylation is 1. The van der Waals surface area contributed by atoms with Gasteiger partial charge in [0, 0.05) is 7.05 Å². The second-order valence-electron chi connectivity index (χ2n) is 3.87. The molecule has 0 saturated carbocycles. The molecule has 0 aliphatic carbocycles. The Morgan fingerprint density at radius 1 is 1.32 bits per heavy atom. The van der Waals surface area contributed by atoms with E-state index in [1.165, 1.54) is 10.9 Å². The summed E-state index contributed by atoms with van der Waals surface area (Å²) in [5, 5.41) is 0.448. The van der Waals surface area contributed by atoms with Crippen molar-refractivity contribution >= 4 is 28.5 Å². The minimum atomic E-state index is -0.181. The summed E-state index contributed by atoms with van der Waals surface area (Å²) < 4.78 is 1.38. The summed E-state index contributed by atoms with van der Waals surface area (Å²) in [5.41, 5.74) is 16.8. The molecule has 1 aromatic carbocycles. The highest BCUT2D eigenvalue weighted by molar-refractivity contribution is 5.94. The smallest absolute Gasteiger partial charge is 0.260 e. The Labute approximate surface area is 108 Å². The maximum Gasteiger partial charge on any atom is 0.260 e. The summed E-state index contributed by atoms with van der Waals surface area (Å²) in [6.45, 7) is 0. The maximum atomic E-state index is 11.9. The average Bonchev–Trinajstić information content (AvgIpc) is 2.33. The summed E-state index contributed by atoms with van der Waals surface area (Å²) in [6.07, 6.45) is 1.46. The quantitative estimate of drug-likeness (QED) is 0.452. The number of aliphatic imine (C=N–C) groups is 2. The average molecular weight is 259 g/mol. The van der Waals surface area contributed by atoms with Crippen molar-refractivity contribution in [3.63, 3.8) is 0 Å². The molecule has 19 heavy (non-hydrogen) atoms. The van der Waals surface area contributed by atoms with E-state index in [1.807, 2.05) is 0 Å². The van der Waals surface area contributed by atoms with Gasteiger partial charge < -0.3 is 21.8 Å². The molecule has 8 heteroatoms. The molecule has 0 saturated heterocycles. The number of hydrogen-bond acceptors (Lipinski definition) is 3. The molecule has 0 aliphatic rings. The lowest BCUT2D eigenvalue weighted by Gasteiger charge is -2.01. The first kappa shape index (κ1) is 12.6. The summed E-state index contributed by atoms with van der Waals surface area (Å²) >= 11 is 0. The molecule has 0 fully saturated rings. The Bertz CT molecular complexity index is 740. The molecule has 0 spiro atoms. The Kier molecular flexibility index (Phi) is 3.15. The molecule has 0 unspecified atom stereocenters. The highest BCUT2D eigenvalue weighted by atomic mass is 16.1. The Morgan fingerprint density at radius 3 is 2.74 bits per heavy atom. The number of benzene rings is 1. The van der Waals surface area contributed by atoms with Crippen LogP contribution in [0.25, 0.3) is 10.9 Å². The van der Waals surface area contributed by atoms with Crippen LogP contribution < -0.4 is 22.8 Å². The fourth-order valence-corrected chi connectivity index (χ4v) is 1.56. The Morgan fingerprint density at radius 2 is 2.05 bits per heavy atom. The van der Waals surface area contributed by atoms with Gasteiger partial charge in [0.1, 0.15) is 0 Å². The molecule has 0 amide bonds. The minimum absolute atomic E-state index is 0.0833. The standard InChI is InChI=1S/C11H13N7O/c1-18-5-15-8-3-2-6(4-7(8)9(18)19)16-11(14)17-10(12)13/h2-5H,1H3,(H6,12,13,14,16,17). The van der Waals surface area contributed by atoms with Crippen LogP contribution in [0.1, 0.15) is 0 Å². The number of nitrogens with two attached hydrogens (primary N) is 3. The van der Waals surface area contributed by atoms with Gasteiger partial charge in [-0.2, -0.15) is 4.99 Å². The van der Waals surface area contributed by atoms with Gasteiger partial charge in [-0.1, -0.05) is 0 Å². The van der Waals surface area contributed by atoms with Crippen LogP contribution in [-0.2, 0) is 7.05 Å². The number of hydrogen-bond donors (Lipinski definition) is 3. The molecular weight excluding hydrogens is 246 g/mol. The molecule has 98 valence electrons. The molecule has 1 aromatic heterocycles. The highest BCUT2D eigenvalue weighted by Crippen LogP contribution is 2.16. The van der Waals surface area contributed by atoms with Gasteiger partial charge in [-0.05, 0) is 18.2 Å². The van der Waals surface area contributed by atoms with Gasteiger partial charge in [0.2, 0.25) is 5.96 Å². The number of fused-ring (bicyclic) bond motifs is 1. The fraction of sp³-hybridized carbons (Fsp3) is 0.0909. The van der Waals surface area contributed by atoms with E-state index in [4.69, 9.17) is 17.2 Å². The van der Waals surface area contributed by atoms with E-state index in [0.29, 0.717) is 16.6 Å². The van der Waals surface area contributed by atoms with Crippen LogP contribution in [0.5, 0.6) is 0 Å². The first-order valence-electron chi connectivity index (χ1n) is 5.36. The largest absolute Gasteiger partial charge is 0.370 e. The van der Waals surface area contributed by atoms with Crippen LogP contribution in [0, 0.1) is 0 Å². The highest BCUT2D eigenvalue weighted by Gasteiger charge is 2.03. The lowest BCUT2D eigenvalue weighted by Crippen LogP contribution is -2.26. The van der Waals surface area contributed by atoms with Crippen LogP contribution in [0.4, 0.5) is 5.69 Å². The molecule has 1 heterocycles. The van der Waals surface area contributed by atoms with Crippen molar-refractivity contribution in [3.05, 3.63) is 34.9 Å². The normalized spacial score (nSPS) is 11.5. The van der Waals surface area contributed by atoms with Crippen molar-refractivity contribution in [1.82, 2.24) is 9.55 Å². The van der Waals surface area contributed by atoms with Crippen LogP contribution >= 0.6 is 0 Å². The summed E-state index contributed by atoms with van der Waals surface area (Å²) in [7, 11) is 1.62. The zero-order valence-corrected chi connectivity index (χ0v) is 10.2. The maximum absolute atomic E-state index is 11.9. The number of guanidine groups is 2. The molecule has 6 N–H and O–H groups in total. The van der Waals surface area contributed by atoms with Crippen molar-refractivity contribution in [1.29, 1.82) is 0 Å². The number of rotatable bonds is 1.